The lowest BCUT2D eigenvalue weighted by molar-refractivity contribution is 0.0547. The Hall–Kier alpha value is -0.530. The molecular weight excluding hydrogens is 254 g/mol. The zero-order valence-corrected chi connectivity index (χ0v) is 12.7. The lowest BCUT2D eigenvalue weighted by atomic mass is 9.72. The molecule has 3 atom stereocenters. The van der Waals surface area contributed by atoms with E-state index < -0.39 is 0 Å². The van der Waals surface area contributed by atoms with Gasteiger partial charge in [0.1, 0.15) is 0 Å². The van der Waals surface area contributed by atoms with E-state index in [1.807, 2.05) is 0 Å². The van der Waals surface area contributed by atoms with E-state index in [2.05, 4.69) is 42.2 Å². The highest BCUT2D eigenvalue weighted by Crippen LogP contribution is 2.42. The highest BCUT2D eigenvalue weighted by Gasteiger charge is 2.38. The molecule has 1 aromatic carbocycles. The van der Waals surface area contributed by atoms with E-state index in [0.717, 1.165) is 17.9 Å². The first-order valence-corrected chi connectivity index (χ1v) is 7.69. The summed E-state index contributed by atoms with van der Waals surface area (Å²) in [5, 5.41) is 0. The van der Waals surface area contributed by atoms with Crippen molar-refractivity contribution in [2.45, 2.75) is 51.0 Å². The van der Waals surface area contributed by atoms with E-state index in [1.165, 1.54) is 45.2 Å². The summed E-state index contributed by atoms with van der Waals surface area (Å²) >= 11 is 0. The van der Waals surface area contributed by atoms with Crippen molar-refractivity contribution < 1.29 is 0 Å². The van der Waals surface area contributed by atoms with Crippen LogP contribution < -0.4 is 0 Å². The number of benzene rings is 1. The lowest BCUT2D eigenvalue weighted by Gasteiger charge is -2.48. The van der Waals surface area contributed by atoms with Crippen LogP contribution in [0.25, 0.3) is 0 Å². The fourth-order valence-corrected chi connectivity index (χ4v) is 4.15. The number of nitrogens with zero attached hydrogens (tertiary/aromatic N) is 1. The second-order valence-corrected chi connectivity index (χ2v) is 5.99. The van der Waals surface area contributed by atoms with E-state index in [9.17, 15) is 0 Å². The fourth-order valence-electron chi connectivity index (χ4n) is 4.15. The topological polar surface area (TPSA) is 3.24 Å². The molecule has 0 unspecified atom stereocenters. The maximum absolute atomic E-state index is 2.77. The smallest absolute Gasteiger partial charge is 0.0167 e. The van der Waals surface area contributed by atoms with E-state index in [0.29, 0.717) is 0 Å². The van der Waals surface area contributed by atoms with Gasteiger partial charge in [0.15, 0.2) is 0 Å². The van der Waals surface area contributed by atoms with Gasteiger partial charge in [0.2, 0.25) is 0 Å². The minimum atomic E-state index is 0. The van der Waals surface area contributed by atoms with Gasteiger partial charge < -0.3 is 0 Å². The lowest BCUT2D eigenvalue weighted by Crippen LogP contribution is -2.50. The fraction of sp³-hybridized carbons (Fsp3) is 0.647. The highest BCUT2D eigenvalue weighted by atomic mass is 35.5. The van der Waals surface area contributed by atoms with Crippen LogP contribution in [0.1, 0.15) is 50.5 Å². The normalized spacial score (nSPS) is 31.3. The van der Waals surface area contributed by atoms with Crippen molar-refractivity contribution in [1.82, 2.24) is 4.90 Å². The Kier molecular flexibility index (Phi) is 5.29. The molecule has 0 bridgehead atoms. The summed E-state index contributed by atoms with van der Waals surface area (Å²) in [7, 11) is 0. The van der Waals surface area contributed by atoms with Gasteiger partial charge >= 0.3 is 0 Å². The van der Waals surface area contributed by atoms with E-state index in [1.54, 1.807) is 5.56 Å². The Morgan fingerprint density at radius 1 is 1.05 bits per heavy atom. The first-order chi connectivity index (χ1) is 8.90. The summed E-state index contributed by atoms with van der Waals surface area (Å²) in [6, 6.07) is 12.1. The van der Waals surface area contributed by atoms with Gasteiger partial charge in [-0.05, 0) is 43.8 Å². The molecule has 2 fully saturated rings. The molecule has 0 radical (unpaired) electrons. The molecule has 1 nitrogen and oxygen atoms in total. The third kappa shape index (κ3) is 2.98. The number of rotatable bonds is 2. The number of hydrogen-bond acceptors (Lipinski definition) is 1. The summed E-state index contributed by atoms with van der Waals surface area (Å²) in [5.41, 5.74) is 1.58. The summed E-state index contributed by atoms with van der Waals surface area (Å²) in [4.78, 5) is 2.77. The predicted octanol–water partition coefficient (Wildman–Crippen LogP) is 4.48. The molecule has 19 heavy (non-hydrogen) atoms. The Morgan fingerprint density at radius 2 is 1.84 bits per heavy atom. The molecule has 0 aromatic heterocycles. The van der Waals surface area contributed by atoms with Crippen LogP contribution in [-0.2, 0) is 0 Å². The molecule has 2 heterocycles. The SMILES string of the molecule is CC[C@H]1CCN2CCCC[C@@H]2[C@H]1c1ccccc1.Cl. The standard InChI is InChI=1S/C17H25N.ClH/c1-2-14-11-13-18-12-7-6-10-16(18)17(14)15-8-4-3-5-9-15;/h3-5,8-9,14,16-17H,2,6-7,10-13H2,1H3;1H/t14-,16+,17+;/m0./s1. The van der Waals surface area contributed by atoms with Gasteiger partial charge in [-0.25, -0.2) is 0 Å². The first-order valence-electron chi connectivity index (χ1n) is 7.69. The molecule has 2 heteroatoms. The molecule has 2 aliphatic rings. The van der Waals surface area contributed by atoms with Crippen molar-refractivity contribution in [2.75, 3.05) is 13.1 Å². The van der Waals surface area contributed by atoms with Crippen LogP contribution in [0.15, 0.2) is 30.3 Å². The Labute approximate surface area is 123 Å². The van der Waals surface area contributed by atoms with Crippen LogP contribution in [0.2, 0.25) is 0 Å². The number of halogens is 1. The average Bonchev–Trinajstić information content (AvgIpc) is 2.47. The number of hydrogen-bond donors (Lipinski definition) is 0. The van der Waals surface area contributed by atoms with Crippen LogP contribution in [0.3, 0.4) is 0 Å². The van der Waals surface area contributed by atoms with Gasteiger partial charge in [0, 0.05) is 12.0 Å². The maximum Gasteiger partial charge on any atom is 0.0167 e. The number of piperidine rings is 2. The highest BCUT2D eigenvalue weighted by molar-refractivity contribution is 5.85. The Bertz CT molecular complexity index is 378. The van der Waals surface area contributed by atoms with Crippen molar-refractivity contribution >= 4 is 12.4 Å². The van der Waals surface area contributed by atoms with Crippen molar-refractivity contribution in [2.24, 2.45) is 5.92 Å². The van der Waals surface area contributed by atoms with Crippen LogP contribution in [0, 0.1) is 5.92 Å². The van der Waals surface area contributed by atoms with Gasteiger partial charge in [-0.3, -0.25) is 4.90 Å². The zero-order chi connectivity index (χ0) is 12.4. The Morgan fingerprint density at radius 3 is 2.58 bits per heavy atom. The first kappa shape index (κ1) is 14.9. The van der Waals surface area contributed by atoms with E-state index in [4.69, 9.17) is 0 Å². The van der Waals surface area contributed by atoms with Gasteiger partial charge in [-0.2, -0.15) is 0 Å². The minimum absolute atomic E-state index is 0. The molecule has 3 rings (SSSR count). The van der Waals surface area contributed by atoms with Gasteiger partial charge in [0.05, 0.1) is 0 Å². The molecule has 0 aliphatic carbocycles. The van der Waals surface area contributed by atoms with E-state index >= 15 is 0 Å². The summed E-state index contributed by atoms with van der Waals surface area (Å²) < 4.78 is 0. The molecule has 0 N–H and O–H groups in total. The molecular formula is C17H26ClN. The second-order valence-electron chi connectivity index (χ2n) is 5.99. The maximum atomic E-state index is 2.77. The van der Waals surface area contributed by atoms with Crippen LogP contribution >= 0.6 is 12.4 Å². The number of fused-ring (bicyclic) bond motifs is 1. The van der Waals surface area contributed by atoms with E-state index in [-0.39, 0.29) is 12.4 Å². The van der Waals surface area contributed by atoms with Crippen molar-refractivity contribution in [3.8, 4) is 0 Å². The van der Waals surface area contributed by atoms with Gasteiger partial charge in [0.25, 0.3) is 0 Å². The quantitative estimate of drug-likeness (QED) is 0.772. The van der Waals surface area contributed by atoms with Crippen molar-refractivity contribution in [3.63, 3.8) is 0 Å². The zero-order valence-electron chi connectivity index (χ0n) is 11.9. The predicted molar refractivity (Wildman–Crippen MR) is 84.0 cm³/mol. The Balaban J connectivity index is 0.00000133. The monoisotopic (exact) mass is 279 g/mol. The summed E-state index contributed by atoms with van der Waals surface area (Å²) in [5.74, 6) is 1.68. The van der Waals surface area contributed by atoms with Crippen LogP contribution in [0.5, 0.6) is 0 Å². The average molecular weight is 280 g/mol. The van der Waals surface area contributed by atoms with Gasteiger partial charge in [-0.15, -0.1) is 12.4 Å². The van der Waals surface area contributed by atoms with Crippen LogP contribution in [-0.4, -0.2) is 24.0 Å². The van der Waals surface area contributed by atoms with Crippen LogP contribution in [0.4, 0.5) is 0 Å². The van der Waals surface area contributed by atoms with Gasteiger partial charge in [-0.1, -0.05) is 50.1 Å². The summed E-state index contributed by atoms with van der Waals surface area (Å²) in [6.07, 6.45) is 6.99. The molecule has 106 valence electrons. The van der Waals surface area contributed by atoms with Crippen molar-refractivity contribution in [1.29, 1.82) is 0 Å². The minimum Gasteiger partial charge on any atom is -0.300 e. The largest absolute Gasteiger partial charge is 0.300 e. The molecule has 0 saturated carbocycles. The molecule has 0 amide bonds. The third-order valence-electron chi connectivity index (χ3n) is 5.08. The third-order valence-corrected chi connectivity index (χ3v) is 5.08. The molecule has 2 saturated heterocycles. The van der Waals surface area contributed by atoms with Crippen molar-refractivity contribution in [3.05, 3.63) is 35.9 Å². The molecule has 2 aliphatic heterocycles. The molecule has 0 spiro atoms. The summed E-state index contributed by atoms with van der Waals surface area (Å²) in [6.45, 7) is 5.05. The second kappa shape index (κ2) is 6.76. The molecule has 1 aromatic rings.